The molecule has 1 aliphatic carbocycles. The molecular weight excluding hydrogens is 268 g/mol. The van der Waals surface area contributed by atoms with Gasteiger partial charge in [-0.3, -0.25) is 9.59 Å². The average molecular weight is 288 g/mol. The van der Waals surface area contributed by atoms with Crippen LogP contribution in [0.3, 0.4) is 0 Å². The summed E-state index contributed by atoms with van der Waals surface area (Å²) in [6, 6.07) is 3.51. The SMILES string of the molecule is Cc1ccc(C(=O)N2C[C@H]3CN(CC4CC4)C(=O)[C@H]3C2)o1. The van der Waals surface area contributed by atoms with Gasteiger partial charge in [0, 0.05) is 32.1 Å². The molecule has 0 bridgehead atoms. The Labute approximate surface area is 123 Å². The molecule has 1 aromatic rings. The molecule has 3 fully saturated rings. The number of nitrogens with zero attached hydrogens (tertiary/aromatic N) is 2. The molecule has 0 aromatic carbocycles. The third-order valence-electron chi connectivity index (χ3n) is 4.94. The van der Waals surface area contributed by atoms with Gasteiger partial charge in [0.15, 0.2) is 5.76 Å². The van der Waals surface area contributed by atoms with Gasteiger partial charge in [-0.2, -0.15) is 0 Å². The van der Waals surface area contributed by atoms with Gasteiger partial charge < -0.3 is 14.2 Å². The molecule has 112 valence electrons. The van der Waals surface area contributed by atoms with Gasteiger partial charge in [-0.25, -0.2) is 0 Å². The van der Waals surface area contributed by atoms with E-state index in [1.807, 2.05) is 11.8 Å². The maximum Gasteiger partial charge on any atom is 0.289 e. The fourth-order valence-electron chi connectivity index (χ4n) is 3.59. The summed E-state index contributed by atoms with van der Waals surface area (Å²) in [5, 5.41) is 0. The smallest absolute Gasteiger partial charge is 0.289 e. The lowest BCUT2D eigenvalue weighted by Crippen LogP contribution is -2.36. The number of fused-ring (bicyclic) bond motifs is 1. The molecule has 21 heavy (non-hydrogen) atoms. The summed E-state index contributed by atoms with van der Waals surface area (Å²) in [5.74, 6) is 2.33. The van der Waals surface area contributed by atoms with E-state index in [0.29, 0.717) is 24.8 Å². The first-order chi connectivity index (χ1) is 10.1. The summed E-state index contributed by atoms with van der Waals surface area (Å²) in [5.41, 5.74) is 0. The van der Waals surface area contributed by atoms with Crippen molar-refractivity contribution >= 4 is 11.8 Å². The van der Waals surface area contributed by atoms with Crippen molar-refractivity contribution in [2.24, 2.45) is 17.8 Å². The molecule has 0 spiro atoms. The van der Waals surface area contributed by atoms with Crippen LogP contribution in [0.5, 0.6) is 0 Å². The van der Waals surface area contributed by atoms with Crippen LogP contribution in [-0.4, -0.2) is 47.8 Å². The van der Waals surface area contributed by atoms with Gasteiger partial charge in [0.25, 0.3) is 5.91 Å². The molecule has 0 unspecified atom stereocenters. The highest BCUT2D eigenvalue weighted by Crippen LogP contribution is 2.37. The number of furan rings is 1. The molecular formula is C16H20N2O3. The quantitative estimate of drug-likeness (QED) is 0.847. The lowest BCUT2D eigenvalue weighted by molar-refractivity contribution is -0.131. The maximum atomic E-state index is 12.4. The molecule has 1 saturated carbocycles. The summed E-state index contributed by atoms with van der Waals surface area (Å²) in [6.07, 6.45) is 2.53. The van der Waals surface area contributed by atoms with Crippen LogP contribution in [0.1, 0.15) is 29.2 Å². The van der Waals surface area contributed by atoms with Crippen LogP contribution >= 0.6 is 0 Å². The second kappa shape index (κ2) is 4.61. The van der Waals surface area contributed by atoms with Crippen molar-refractivity contribution in [3.8, 4) is 0 Å². The zero-order valence-electron chi connectivity index (χ0n) is 12.2. The van der Waals surface area contributed by atoms with Crippen LogP contribution in [-0.2, 0) is 4.79 Å². The second-order valence-corrected chi connectivity index (χ2v) is 6.67. The average Bonchev–Trinajstić information content (AvgIpc) is 2.89. The molecule has 3 heterocycles. The van der Waals surface area contributed by atoms with E-state index in [4.69, 9.17) is 4.42 Å². The number of amides is 2. The number of aryl methyl sites for hydroxylation is 1. The van der Waals surface area contributed by atoms with Crippen LogP contribution in [0.25, 0.3) is 0 Å². The Kier molecular flexibility index (Phi) is 2.84. The second-order valence-electron chi connectivity index (χ2n) is 6.67. The number of carbonyl (C=O) groups is 2. The predicted octanol–water partition coefficient (Wildman–Crippen LogP) is 1.53. The third-order valence-corrected chi connectivity index (χ3v) is 4.94. The first-order valence-electron chi connectivity index (χ1n) is 7.76. The monoisotopic (exact) mass is 288 g/mol. The number of likely N-dealkylation sites (tertiary alicyclic amines) is 2. The van der Waals surface area contributed by atoms with Gasteiger partial charge in [0.1, 0.15) is 5.76 Å². The lowest BCUT2D eigenvalue weighted by atomic mass is 10.0. The summed E-state index contributed by atoms with van der Waals surface area (Å²) in [4.78, 5) is 28.6. The van der Waals surface area contributed by atoms with Crippen molar-refractivity contribution in [1.82, 2.24) is 9.80 Å². The molecule has 4 rings (SSSR count). The number of rotatable bonds is 3. The van der Waals surface area contributed by atoms with Crippen molar-refractivity contribution in [1.29, 1.82) is 0 Å². The lowest BCUT2D eigenvalue weighted by Gasteiger charge is -2.21. The topological polar surface area (TPSA) is 53.8 Å². The van der Waals surface area contributed by atoms with E-state index in [9.17, 15) is 9.59 Å². The number of hydrogen-bond donors (Lipinski definition) is 0. The normalized spacial score (nSPS) is 28.3. The molecule has 3 aliphatic rings. The van der Waals surface area contributed by atoms with Crippen molar-refractivity contribution in [3.05, 3.63) is 23.7 Å². The molecule has 1 aromatic heterocycles. The van der Waals surface area contributed by atoms with Gasteiger partial charge in [0.2, 0.25) is 5.91 Å². The van der Waals surface area contributed by atoms with E-state index in [0.717, 1.165) is 24.8 Å². The highest BCUT2D eigenvalue weighted by molar-refractivity contribution is 5.93. The summed E-state index contributed by atoms with van der Waals surface area (Å²) in [7, 11) is 0. The van der Waals surface area contributed by atoms with E-state index >= 15 is 0 Å². The minimum Gasteiger partial charge on any atom is -0.456 e. The standard InChI is InChI=1S/C16H20N2O3/c1-10-2-5-14(21-10)16(20)18-8-12-7-17(6-11-3-4-11)15(19)13(12)9-18/h2,5,11-13H,3-4,6-9H2,1H3/t12-,13+/m1/s1. The Morgan fingerprint density at radius 2 is 2.10 bits per heavy atom. The van der Waals surface area contributed by atoms with Crippen LogP contribution < -0.4 is 0 Å². The highest BCUT2D eigenvalue weighted by atomic mass is 16.3. The summed E-state index contributed by atoms with van der Waals surface area (Å²) in [6.45, 7) is 4.80. The maximum absolute atomic E-state index is 12.4. The summed E-state index contributed by atoms with van der Waals surface area (Å²) >= 11 is 0. The van der Waals surface area contributed by atoms with E-state index in [1.54, 1.807) is 17.0 Å². The highest BCUT2D eigenvalue weighted by Gasteiger charge is 2.48. The molecule has 0 N–H and O–H groups in total. The van der Waals surface area contributed by atoms with Crippen molar-refractivity contribution in [2.75, 3.05) is 26.2 Å². The zero-order valence-corrected chi connectivity index (χ0v) is 12.2. The van der Waals surface area contributed by atoms with Gasteiger partial charge in [-0.15, -0.1) is 0 Å². The number of hydrogen-bond acceptors (Lipinski definition) is 3. The Hall–Kier alpha value is -1.78. The molecule has 5 heteroatoms. The van der Waals surface area contributed by atoms with Gasteiger partial charge in [-0.05, 0) is 37.8 Å². The Morgan fingerprint density at radius 3 is 2.71 bits per heavy atom. The Morgan fingerprint density at radius 1 is 1.29 bits per heavy atom. The Balaban J connectivity index is 1.42. The van der Waals surface area contributed by atoms with E-state index in [1.165, 1.54) is 12.8 Å². The van der Waals surface area contributed by atoms with Gasteiger partial charge >= 0.3 is 0 Å². The molecule has 2 aliphatic heterocycles. The van der Waals surface area contributed by atoms with Crippen molar-refractivity contribution in [2.45, 2.75) is 19.8 Å². The molecule has 5 nitrogen and oxygen atoms in total. The zero-order chi connectivity index (χ0) is 14.6. The van der Waals surface area contributed by atoms with Crippen molar-refractivity contribution in [3.63, 3.8) is 0 Å². The van der Waals surface area contributed by atoms with Crippen LogP contribution in [0, 0.1) is 24.7 Å². The summed E-state index contributed by atoms with van der Waals surface area (Å²) < 4.78 is 5.40. The van der Waals surface area contributed by atoms with E-state index < -0.39 is 0 Å². The van der Waals surface area contributed by atoms with Crippen LogP contribution in [0.4, 0.5) is 0 Å². The fraction of sp³-hybridized carbons (Fsp3) is 0.625. The first-order valence-corrected chi connectivity index (χ1v) is 7.76. The van der Waals surface area contributed by atoms with Crippen molar-refractivity contribution < 1.29 is 14.0 Å². The predicted molar refractivity (Wildman–Crippen MR) is 75.6 cm³/mol. The number of carbonyl (C=O) groups excluding carboxylic acids is 2. The van der Waals surface area contributed by atoms with E-state index in [2.05, 4.69) is 0 Å². The van der Waals surface area contributed by atoms with Crippen LogP contribution in [0.2, 0.25) is 0 Å². The van der Waals surface area contributed by atoms with E-state index in [-0.39, 0.29) is 17.7 Å². The molecule has 2 atom stereocenters. The third kappa shape index (κ3) is 2.24. The van der Waals surface area contributed by atoms with Gasteiger partial charge in [0.05, 0.1) is 5.92 Å². The Bertz CT molecular complexity index is 590. The first kappa shape index (κ1) is 12.9. The minimum atomic E-state index is -0.0842. The fourth-order valence-corrected chi connectivity index (χ4v) is 3.59. The largest absolute Gasteiger partial charge is 0.456 e. The van der Waals surface area contributed by atoms with Gasteiger partial charge in [-0.1, -0.05) is 0 Å². The van der Waals surface area contributed by atoms with Crippen LogP contribution in [0.15, 0.2) is 16.5 Å². The minimum absolute atomic E-state index is 0.00348. The molecule has 2 amide bonds. The molecule has 0 radical (unpaired) electrons. The molecule has 2 saturated heterocycles.